The monoisotopic (exact) mass is 256 g/mol. The van der Waals surface area contributed by atoms with Crippen LogP contribution in [-0.2, 0) is 6.42 Å². The molecule has 0 aliphatic carbocycles. The summed E-state index contributed by atoms with van der Waals surface area (Å²) < 4.78 is 0. The van der Waals surface area contributed by atoms with Crippen LogP contribution < -0.4 is 10.6 Å². The van der Waals surface area contributed by atoms with E-state index in [0.29, 0.717) is 6.54 Å². The van der Waals surface area contributed by atoms with Gasteiger partial charge in [-0.05, 0) is 13.8 Å². The van der Waals surface area contributed by atoms with Crippen LogP contribution in [0.2, 0.25) is 0 Å². The lowest BCUT2D eigenvalue weighted by atomic mass is 10.3. The molecule has 0 radical (unpaired) electrons. The van der Waals surface area contributed by atoms with Crippen molar-refractivity contribution in [1.82, 2.24) is 15.2 Å². The van der Waals surface area contributed by atoms with Gasteiger partial charge in [-0.15, -0.1) is 11.3 Å². The minimum Gasteiger partial charge on any atom is -0.365 e. The fourth-order valence-corrected chi connectivity index (χ4v) is 2.16. The van der Waals surface area contributed by atoms with Crippen LogP contribution >= 0.6 is 11.3 Å². The molecule has 0 atom stereocenters. The molecule has 1 rings (SSSR count). The van der Waals surface area contributed by atoms with Gasteiger partial charge in [-0.2, -0.15) is 0 Å². The number of carbonyl (C=O) groups excluding carboxylic acids is 1. The lowest BCUT2D eigenvalue weighted by molar-refractivity contribution is 0.203. The maximum absolute atomic E-state index is 11.6. The van der Waals surface area contributed by atoms with Crippen LogP contribution in [0.3, 0.4) is 0 Å². The van der Waals surface area contributed by atoms with Crippen molar-refractivity contribution in [2.24, 2.45) is 0 Å². The topological polar surface area (TPSA) is 57.3 Å². The average molecular weight is 256 g/mol. The van der Waals surface area contributed by atoms with Crippen molar-refractivity contribution in [2.75, 3.05) is 32.0 Å². The molecule has 0 aliphatic rings. The summed E-state index contributed by atoms with van der Waals surface area (Å²) in [7, 11) is 1.85. The highest BCUT2D eigenvalue weighted by molar-refractivity contribution is 7.13. The summed E-state index contributed by atoms with van der Waals surface area (Å²) in [5, 5.41) is 8.81. The molecule has 6 heteroatoms. The van der Waals surface area contributed by atoms with Gasteiger partial charge in [0.15, 0.2) is 5.13 Å². The second-order valence-electron chi connectivity index (χ2n) is 3.55. The van der Waals surface area contributed by atoms with E-state index in [1.807, 2.05) is 26.3 Å². The van der Waals surface area contributed by atoms with Gasteiger partial charge in [0.05, 0.1) is 5.69 Å². The summed E-state index contributed by atoms with van der Waals surface area (Å²) in [6.45, 7) is 6.06. The van der Waals surface area contributed by atoms with Gasteiger partial charge in [-0.3, -0.25) is 0 Å². The lowest BCUT2D eigenvalue weighted by Crippen LogP contribution is -2.40. The Morgan fingerprint density at radius 3 is 2.71 bits per heavy atom. The Balaban J connectivity index is 2.29. The molecule has 1 aromatic heterocycles. The van der Waals surface area contributed by atoms with Gasteiger partial charge < -0.3 is 15.5 Å². The number of hydrogen-bond acceptors (Lipinski definition) is 4. The number of amides is 2. The van der Waals surface area contributed by atoms with Crippen LogP contribution in [0, 0.1) is 0 Å². The van der Waals surface area contributed by atoms with Gasteiger partial charge in [-0.25, -0.2) is 9.78 Å². The van der Waals surface area contributed by atoms with Gasteiger partial charge in [0.25, 0.3) is 0 Å². The van der Waals surface area contributed by atoms with Crippen LogP contribution in [0.15, 0.2) is 5.38 Å². The Morgan fingerprint density at radius 1 is 1.47 bits per heavy atom. The van der Waals surface area contributed by atoms with Gasteiger partial charge >= 0.3 is 6.03 Å². The van der Waals surface area contributed by atoms with Crippen LogP contribution in [0.4, 0.5) is 9.93 Å². The van der Waals surface area contributed by atoms with Crippen LogP contribution in [0.1, 0.15) is 19.5 Å². The van der Waals surface area contributed by atoms with E-state index in [1.165, 1.54) is 0 Å². The van der Waals surface area contributed by atoms with Gasteiger partial charge in [0.1, 0.15) is 0 Å². The Bertz CT molecular complexity index is 349. The maximum atomic E-state index is 11.6. The summed E-state index contributed by atoms with van der Waals surface area (Å²) >= 11 is 1.58. The van der Waals surface area contributed by atoms with Gasteiger partial charge in [0, 0.05) is 38.5 Å². The van der Waals surface area contributed by atoms with E-state index in [-0.39, 0.29) is 6.03 Å². The number of thiazole rings is 1. The van der Waals surface area contributed by atoms with Crippen molar-refractivity contribution in [2.45, 2.75) is 20.3 Å². The summed E-state index contributed by atoms with van der Waals surface area (Å²) in [6, 6.07) is -0.000861. The molecular formula is C11H20N4OS. The highest BCUT2D eigenvalue weighted by Gasteiger charge is 2.08. The molecule has 1 heterocycles. The number of rotatable bonds is 6. The molecule has 1 aromatic rings. The first kappa shape index (κ1) is 13.8. The van der Waals surface area contributed by atoms with E-state index in [2.05, 4.69) is 15.6 Å². The third-order valence-electron chi connectivity index (χ3n) is 2.47. The quantitative estimate of drug-likeness (QED) is 0.815. The van der Waals surface area contributed by atoms with E-state index >= 15 is 0 Å². The van der Waals surface area contributed by atoms with Crippen molar-refractivity contribution >= 4 is 22.5 Å². The fourth-order valence-electron chi connectivity index (χ4n) is 1.46. The highest BCUT2D eigenvalue weighted by Crippen LogP contribution is 2.14. The molecule has 0 fully saturated rings. The Labute approximate surface area is 106 Å². The summed E-state index contributed by atoms with van der Waals surface area (Å²) in [6.07, 6.45) is 0.769. The summed E-state index contributed by atoms with van der Waals surface area (Å²) in [5.74, 6) is 0. The Kier molecular flexibility index (Phi) is 5.76. The van der Waals surface area contributed by atoms with E-state index in [1.54, 1.807) is 16.2 Å². The first-order valence-electron chi connectivity index (χ1n) is 5.86. The van der Waals surface area contributed by atoms with Crippen molar-refractivity contribution in [3.05, 3.63) is 11.1 Å². The predicted octanol–water partition coefficient (Wildman–Crippen LogP) is 1.78. The van der Waals surface area contributed by atoms with E-state index in [4.69, 9.17) is 0 Å². The lowest BCUT2D eigenvalue weighted by Gasteiger charge is -2.18. The molecule has 0 saturated carbocycles. The average Bonchev–Trinajstić information content (AvgIpc) is 2.78. The largest absolute Gasteiger partial charge is 0.365 e. The summed E-state index contributed by atoms with van der Waals surface area (Å²) in [4.78, 5) is 17.8. The molecule has 0 saturated heterocycles. The molecular weight excluding hydrogens is 236 g/mol. The van der Waals surface area contributed by atoms with Crippen molar-refractivity contribution < 1.29 is 4.79 Å². The van der Waals surface area contributed by atoms with Crippen molar-refractivity contribution in [1.29, 1.82) is 0 Å². The Morgan fingerprint density at radius 2 is 2.18 bits per heavy atom. The number of carbonyl (C=O) groups is 1. The predicted molar refractivity (Wildman–Crippen MR) is 71.7 cm³/mol. The van der Waals surface area contributed by atoms with Crippen LogP contribution in [0.5, 0.6) is 0 Å². The molecule has 0 bridgehead atoms. The molecule has 2 N–H and O–H groups in total. The smallest absolute Gasteiger partial charge is 0.317 e. The highest BCUT2D eigenvalue weighted by atomic mass is 32.1. The maximum Gasteiger partial charge on any atom is 0.317 e. The normalized spacial score (nSPS) is 10.1. The second-order valence-corrected chi connectivity index (χ2v) is 4.41. The van der Waals surface area contributed by atoms with Crippen LogP contribution in [0.25, 0.3) is 0 Å². The van der Waals surface area contributed by atoms with E-state index in [9.17, 15) is 4.79 Å². The summed E-state index contributed by atoms with van der Waals surface area (Å²) in [5.41, 5.74) is 1.01. The van der Waals surface area contributed by atoms with Gasteiger partial charge in [0.2, 0.25) is 0 Å². The first-order chi connectivity index (χ1) is 8.21. The van der Waals surface area contributed by atoms with Crippen molar-refractivity contribution in [3.63, 3.8) is 0 Å². The zero-order valence-electron chi connectivity index (χ0n) is 10.6. The van der Waals surface area contributed by atoms with E-state index < -0.39 is 0 Å². The van der Waals surface area contributed by atoms with E-state index in [0.717, 1.165) is 30.3 Å². The van der Waals surface area contributed by atoms with Crippen molar-refractivity contribution in [3.8, 4) is 0 Å². The number of hydrogen-bond donors (Lipinski definition) is 2. The third kappa shape index (κ3) is 4.22. The zero-order chi connectivity index (χ0) is 12.7. The van der Waals surface area contributed by atoms with Gasteiger partial charge in [-0.1, -0.05) is 0 Å². The number of nitrogens with zero attached hydrogens (tertiary/aromatic N) is 2. The molecule has 0 unspecified atom stereocenters. The fraction of sp³-hybridized carbons (Fsp3) is 0.636. The molecule has 96 valence electrons. The third-order valence-corrected chi connectivity index (χ3v) is 3.38. The molecule has 0 aromatic carbocycles. The number of aromatic nitrogens is 1. The minimum atomic E-state index is -0.000861. The molecule has 17 heavy (non-hydrogen) atoms. The number of anilines is 1. The molecule has 0 spiro atoms. The Hall–Kier alpha value is -1.30. The van der Waals surface area contributed by atoms with Crippen LogP contribution in [-0.4, -0.2) is 42.6 Å². The SMILES string of the molecule is CCN(CC)C(=O)NCCc1csc(NC)n1. The molecule has 0 aliphatic heterocycles. The second kappa shape index (κ2) is 7.11. The first-order valence-corrected chi connectivity index (χ1v) is 6.74. The number of urea groups is 1. The molecule has 5 nitrogen and oxygen atoms in total. The standard InChI is InChI=1S/C11H20N4OS/c1-4-15(5-2)11(16)13-7-6-9-8-17-10(12-3)14-9/h8H,4-7H2,1-3H3,(H,12,14)(H,13,16). The minimum absolute atomic E-state index is 0.000861. The number of nitrogens with one attached hydrogen (secondary N) is 2. The molecule has 2 amide bonds. The zero-order valence-corrected chi connectivity index (χ0v) is 11.4.